The van der Waals surface area contributed by atoms with Crippen LogP contribution in [-0.2, 0) is 30.7 Å². The second-order valence-electron chi connectivity index (χ2n) is 9.41. The Morgan fingerprint density at radius 2 is 1.97 bits per heavy atom. The Morgan fingerprint density at radius 3 is 2.71 bits per heavy atom. The molecule has 3 aromatic rings. The summed E-state index contributed by atoms with van der Waals surface area (Å²) in [6.07, 6.45) is 3.36. The summed E-state index contributed by atoms with van der Waals surface area (Å²) in [5.41, 5.74) is 2.42. The summed E-state index contributed by atoms with van der Waals surface area (Å²) in [7, 11) is 2.05. The minimum absolute atomic E-state index is 0.169. The van der Waals surface area contributed by atoms with Gasteiger partial charge in [0.1, 0.15) is 36.0 Å². The number of alkyl halides is 2. The lowest BCUT2D eigenvalue weighted by Crippen LogP contribution is -3.12. The number of hydrogen-bond acceptors (Lipinski definition) is 6. The number of anilines is 1. The van der Waals surface area contributed by atoms with Gasteiger partial charge in [0.2, 0.25) is 0 Å². The molecule has 1 saturated heterocycles. The Bertz CT molecular complexity index is 1130. The third kappa shape index (κ3) is 5.16. The van der Waals surface area contributed by atoms with Crippen molar-refractivity contribution in [3.63, 3.8) is 0 Å². The highest BCUT2D eigenvalue weighted by atomic mass is 32.1. The van der Waals surface area contributed by atoms with Gasteiger partial charge in [0.05, 0.1) is 18.6 Å². The quantitative estimate of drug-likeness (QED) is 0.551. The van der Waals surface area contributed by atoms with Gasteiger partial charge in [-0.1, -0.05) is 19.1 Å². The van der Waals surface area contributed by atoms with Gasteiger partial charge in [-0.2, -0.15) is 8.78 Å². The fourth-order valence-corrected chi connectivity index (χ4v) is 6.30. The summed E-state index contributed by atoms with van der Waals surface area (Å²) in [6.45, 7) is 4.41. The molecule has 0 amide bonds. The van der Waals surface area contributed by atoms with Crippen LogP contribution in [0.25, 0.3) is 10.2 Å². The molecule has 3 heterocycles. The number of quaternary nitrogens is 1. The normalized spacial score (nSPS) is 18.9. The molecule has 5 rings (SSSR count). The zero-order chi connectivity index (χ0) is 23.7. The monoisotopic (exact) mass is 489 g/mol. The smallest absolute Gasteiger partial charge is 0.387 e. The van der Waals surface area contributed by atoms with Crippen molar-refractivity contribution in [1.29, 1.82) is 0 Å². The van der Waals surface area contributed by atoms with Crippen LogP contribution in [0.3, 0.4) is 0 Å². The summed E-state index contributed by atoms with van der Waals surface area (Å²) in [5, 5.41) is 1.19. The molecular weight excluding hydrogens is 458 g/mol. The molecule has 9 heteroatoms. The predicted octanol–water partition coefficient (Wildman–Crippen LogP) is 3.47. The van der Waals surface area contributed by atoms with Crippen LogP contribution in [0.2, 0.25) is 0 Å². The van der Waals surface area contributed by atoms with E-state index in [1.165, 1.54) is 27.1 Å². The molecule has 2 aromatic heterocycles. The van der Waals surface area contributed by atoms with E-state index >= 15 is 0 Å². The largest absolute Gasteiger partial charge is 0.435 e. The van der Waals surface area contributed by atoms with Gasteiger partial charge in [0.25, 0.3) is 0 Å². The van der Waals surface area contributed by atoms with Crippen LogP contribution in [0.5, 0.6) is 5.75 Å². The molecule has 0 radical (unpaired) electrons. The molecular formula is C25H31F2N4O2S+. The zero-order valence-electron chi connectivity index (χ0n) is 19.7. The second-order valence-corrected chi connectivity index (χ2v) is 10.5. The predicted molar refractivity (Wildman–Crippen MR) is 129 cm³/mol. The number of thiophene rings is 1. The number of benzene rings is 1. The molecule has 1 aromatic carbocycles. The first-order valence-electron chi connectivity index (χ1n) is 11.9. The highest BCUT2D eigenvalue weighted by Crippen LogP contribution is 2.41. The third-order valence-corrected chi connectivity index (χ3v) is 7.87. The van der Waals surface area contributed by atoms with E-state index in [4.69, 9.17) is 14.7 Å². The molecule has 34 heavy (non-hydrogen) atoms. The van der Waals surface area contributed by atoms with Crippen molar-refractivity contribution >= 4 is 27.4 Å². The number of ether oxygens (including phenoxy) is 2. The van der Waals surface area contributed by atoms with Gasteiger partial charge >= 0.3 is 6.61 Å². The molecule has 1 aliphatic heterocycles. The summed E-state index contributed by atoms with van der Waals surface area (Å²) in [4.78, 5) is 16.2. The van der Waals surface area contributed by atoms with Crippen molar-refractivity contribution in [2.24, 2.45) is 5.92 Å². The first-order valence-corrected chi connectivity index (χ1v) is 12.7. The maximum atomic E-state index is 12.5. The van der Waals surface area contributed by atoms with E-state index < -0.39 is 6.61 Å². The molecule has 1 atom stereocenters. The van der Waals surface area contributed by atoms with E-state index in [0.717, 1.165) is 67.7 Å². The van der Waals surface area contributed by atoms with Crippen molar-refractivity contribution in [3.05, 3.63) is 46.1 Å². The number of aryl methyl sites for hydroxylation is 1. The Labute approximate surface area is 202 Å². The van der Waals surface area contributed by atoms with Crippen LogP contribution in [0, 0.1) is 5.92 Å². The highest BCUT2D eigenvalue weighted by Gasteiger charge is 2.26. The molecule has 182 valence electrons. The molecule has 1 fully saturated rings. The van der Waals surface area contributed by atoms with E-state index in [0.29, 0.717) is 12.5 Å². The number of fused-ring (bicyclic) bond motifs is 3. The highest BCUT2D eigenvalue weighted by molar-refractivity contribution is 7.19. The lowest BCUT2D eigenvalue weighted by molar-refractivity contribution is -0.922. The standard InChI is InChI=1S/C25H30F2N4O2S/c1-16-3-8-19-20(13-16)34-24-22(19)23(28-21(29-24)15-31-9-11-32-12-10-31)30(2)14-17-4-6-18(7-5-17)33-25(26)27/h4-7,16,25H,3,8-15H2,1-2H3/p+1/t16-/m1/s1. The SMILES string of the molecule is C[C@@H]1CCc2c(sc3nc(C[NH+]4CCOCC4)nc(N(C)Cc4ccc(OC(F)F)cc4)c23)C1. The second kappa shape index (κ2) is 10.1. The lowest BCUT2D eigenvalue weighted by Gasteiger charge is -2.25. The molecule has 6 nitrogen and oxygen atoms in total. The number of rotatable bonds is 7. The van der Waals surface area contributed by atoms with Crippen LogP contribution in [-0.4, -0.2) is 49.9 Å². The third-order valence-electron chi connectivity index (χ3n) is 6.72. The fourth-order valence-electron chi connectivity index (χ4n) is 4.91. The van der Waals surface area contributed by atoms with E-state index in [-0.39, 0.29) is 5.75 Å². The molecule has 0 saturated carbocycles. The van der Waals surface area contributed by atoms with Crippen molar-refractivity contribution in [3.8, 4) is 5.75 Å². The summed E-state index contributed by atoms with van der Waals surface area (Å²) in [5.74, 6) is 2.70. The first-order chi connectivity index (χ1) is 16.5. The lowest BCUT2D eigenvalue weighted by atomic mass is 9.89. The van der Waals surface area contributed by atoms with Crippen LogP contribution in [0.1, 0.15) is 35.2 Å². The molecule has 0 bridgehead atoms. The Morgan fingerprint density at radius 1 is 1.21 bits per heavy atom. The zero-order valence-corrected chi connectivity index (χ0v) is 20.5. The number of nitrogens with one attached hydrogen (secondary N) is 1. The summed E-state index contributed by atoms with van der Waals surface area (Å²) >= 11 is 1.83. The Balaban J connectivity index is 1.46. The topological polar surface area (TPSA) is 51.9 Å². The number of nitrogens with zero attached hydrogens (tertiary/aromatic N) is 3. The van der Waals surface area contributed by atoms with E-state index in [2.05, 4.69) is 16.6 Å². The van der Waals surface area contributed by atoms with Crippen LogP contribution < -0.4 is 14.5 Å². The maximum absolute atomic E-state index is 12.5. The van der Waals surface area contributed by atoms with Gasteiger partial charge in [-0.25, -0.2) is 9.97 Å². The fraction of sp³-hybridized carbons (Fsp3) is 0.520. The number of morpholine rings is 1. The van der Waals surface area contributed by atoms with Crippen molar-refractivity contribution in [1.82, 2.24) is 9.97 Å². The average Bonchev–Trinajstić information content (AvgIpc) is 3.17. The number of halogens is 2. The van der Waals surface area contributed by atoms with E-state index in [1.54, 1.807) is 12.1 Å². The Kier molecular flexibility index (Phi) is 6.94. The van der Waals surface area contributed by atoms with Crippen molar-refractivity contribution in [2.45, 2.75) is 45.9 Å². The van der Waals surface area contributed by atoms with Gasteiger partial charge in [-0.15, -0.1) is 11.3 Å². The number of aromatic nitrogens is 2. The van der Waals surface area contributed by atoms with E-state index in [1.807, 2.05) is 30.5 Å². The molecule has 0 unspecified atom stereocenters. The molecule has 0 spiro atoms. The first kappa shape index (κ1) is 23.4. The van der Waals surface area contributed by atoms with Gasteiger partial charge in [-0.05, 0) is 48.4 Å². The van der Waals surface area contributed by atoms with Crippen LogP contribution in [0.4, 0.5) is 14.6 Å². The van der Waals surface area contributed by atoms with Crippen LogP contribution >= 0.6 is 11.3 Å². The molecule has 2 aliphatic rings. The minimum atomic E-state index is -2.82. The molecule has 1 aliphatic carbocycles. The molecule has 1 N–H and O–H groups in total. The average molecular weight is 490 g/mol. The summed E-state index contributed by atoms with van der Waals surface area (Å²) in [6, 6.07) is 6.84. The van der Waals surface area contributed by atoms with Gasteiger partial charge < -0.3 is 19.3 Å². The summed E-state index contributed by atoms with van der Waals surface area (Å²) < 4.78 is 35.0. The van der Waals surface area contributed by atoms with E-state index in [9.17, 15) is 8.78 Å². The Hall–Kier alpha value is -2.36. The van der Waals surface area contributed by atoms with Crippen molar-refractivity contribution < 1.29 is 23.2 Å². The van der Waals surface area contributed by atoms with Crippen LogP contribution in [0.15, 0.2) is 24.3 Å². The van der Waals surface area contributed by atoms with Gasteiger partial charge in [0, 0.05) is 18.5 Å². The van der Waals surface area contributed by atoms with Crippen molar-refractivity contribution in [2.75, 3.05) is 38.3 Å². The van der Waals surface area contributed by atoms with Gasteiger partial charge in [-0.3, -0.25) is 0 Å². The van der Waals surface area contributed by atoms with Gasteiger partial charge in [0.15, 0.2) is 5.82 Å². The number of hydrogen-bond donors (Lipinski definition) is 1. The maximum Gasteiger partial charge on any atom is 0.387 e. The minimum Gasteiger partial charge on any atom is -0.435 e.